The van der Waals surface area contributed by atoms with Crippen molar-refractivity contribution in [1.29, 1.82) is 0 Å². The summed E-state index contributed by atoms with van der Waals surface area (Å²) in [7, 11) is 0. The van der Waals surface area contributed by atoms with Gasteiger partial charge in [0.05, 0.1) is 0 Å². The van der Waals surface area contributed by atoms with E-state index in [-0.39, 0.29) is 0 Å². The van der Waals surface area contributed by atoms with Gasteiger partial charge in [-0.3, -0.25) is 4.79 Å². The Kier molecular flexibility index (Phi) is 1.84. The number of piperazine rings is 1. The first-order valence-corrected chi connectivity index (χ1v) is 5.78. The van der Waals surface area contributed by atoms with Crippen LogP contribution in [0.25, 0.3) is 0 Å². The van der Waals surface area contributed by atoms with Crippen LogP contribution >= 0.6 is 0 Å². The zero-order chi connectivity index (χ0) is 9.71. The molecule has 1 saturated carbocycles. The molecule has 3 heteroatoms. The molecule has 2 aliphatic heterocycles. The van der Waals surface area contributed by atoms with Crippen LogP contribution in [0.4, 0.5) is 0 Å². The zero-order valence-corrected chi connectivity index (χ0v) is 8.70. The first kappa shape index (κ1) is 8.72. The molecule has 1 amide bonds. The summed E-state index contributed by atoms with van der Waals surface area (Å²) in [4.78, 5) is 14.2. The molecule has 1 N–H and O–H groups in total. The number of hydrogen-bond donors (Lipinski definition) is 1. The molecule has 0 spiro atoms. The number of carbonyl (C=O) groups is 1. The van der Waals surface area contributed by atoms with E-state index in [1.54, 1.807) is 0 Å². The van der Waals surface area contributed by atoms with E-state index in [4.69, 9.17) is 0 Å². The molecule has 0 aromatic rings. The Hall–Kier alpha value is -0.570. The van der Waals surface area contributed by atoms with Gasteiger partial charge in [0.1, 0.15) is 0 Å². The third-order valence-corrected chi connectivity index (χ3v) is 4.07. The average molecular weight is 194 g/mol. The Labute approximate surface area is 84.8 Å². The first-order chi connectivity index (χ1) is 6.75. The molecular weight excluding hydrogens is 176 g/mol. The minimum atomic E-state index is 0.369. The van der Waals surface area contributed by atoms with Gasteiger partial charge in [-0.1, -0.05) is 6.92 Å². The maximum atomic E-state index is 12.1. The molecule has 0 aromatic carbocycles. The third-order valence-electron chi connectivity index (χ3n) is 4.07. The smallest absolute Gasteiger partial charge is 0.226 e. The second-order valence-electron chi connectivity index (χ2n) is 5.22. The van der Waals surface area contributed by atoms with Crippen molar-refractivity contribution in [3.63, 3.8) is 0 Å². The normalized spacial score (nSPS) is 45.4. The molecule has 2 saturated heterocycles. The molecule has 0 radical (unpaired) electrons. The van der Waals surface area contributed by atoms with Crippen LogP contribution in [-0.2, 0) is 4.79 Å². The molecule has 2 bridgehead atoms. The number of amides is 1. The lowest BCUT2D eigenvalue weighted by atomic mass is 9.73. The second-order valence-corrected chi connectivity index (χ2v) is 5.22. The maximum Gasteiger partial charge on any atom is 0.226 e. The highest BCUT2D eigenvalue weighted by atomic mass is 16.2. The van der Waals surface area contributed by atoms with E-state index in [9.17, 15) is 4.79 Å². The van der Waals surface area contributed by atoms with Crippen LogP contribution in [0.3, 0.4) is 0 Å². The number of rotatable bonds is 1. The van der Waals surface area contributed by atoms with E-state index >= 15 is 0 Å². The van der Waals surface area contributed by atoms with Crippen LogP contribution in [0.1, 0.15) is 26.2 Å². The molecule has 78 valence electrons. The van der Waals surface area contributed by atoms with E-state index < -0.39 is 0 Å². The van der Waals surface area contributed by atoms with Gasteiger partial charge in [0.25, 0.3) is 0 Å². The van der Waals surface area contributed by atoms with E-state index in [0.717, 1.165) is 31.8 Å². The van der Waals surface area contributed by atoms with Crippen molar-refractivity contribution >= 4 is 5.91 Å². The highest BCUT2D eigenvalue weighted by Gasteiger charge is 2.47. The molecule has 3 aliphatic rings. The van der Waals surface area contributed by atoms with Gasteiger partial charge in [0.15, 0.2) is 0 Å². The standard InChI is InChI=1S/C11H18N2O/c1-7-2-8(3-7)11(14)13-9-4-10(13)6-12-5-9/h7-10,12H,2-6H2,1H3. The molecule has 2 heterocycles. The number of piperidine rings is 1. The Bertz CT molecular complexity index is 246. The van der Waals surface area contributed by atoms with Crippen molar-refractivity contribution in [1.82, 2.24) is 10.2 Å². The number of hydrogen-bond acceptors (Lipinski definition) is 2. The van der Waals surface area contributed by atoms with Crippen LogP contribution in [0.15, 0.2) is 0 Å². The summed E-state index contributed by atoms with van der Waals surface area (Å²) in [6.45, 7) is 4.28. The highest BCUT2D eigenvalue weighted by Crippen LogP contribution is 2.38. The van der Waals surface area contributed by atoms with Gasteiger partial charge >= 0.3 is 0 Å². The number of nitrogens with one attached hydrogen (secondary N) is 1. The maximum absolute atomic E-state index is 12.1. The van der Waals surface area contributed by atoms with Crippen molar-refractivity contribution in [2.45, 2.75) is 38.3 Å². The number of fused-ring (bicyclic) bond motifs is 2. The molecule has 3 nitrogen and oxygen atoms in total. The van der Waals surface area contributed by atoms with Gasteiger partial charge in [0, 0.05) is 31.1 Å². The largest absolute Gasteiger partial charge is 0.334 e. The summed E-state index contributed by atoms with van der Waals surface area (Å²) in [6, 6.07) is 1.05. The average Bonchev–Trinajstić information content (AvgIpc) is 2.14. The van der Waals surface area contributed by atoms with Gasteiger partial charge < -0.3 is 10.2 Å². The van der Waals surface area contributed by atoms with E-state index in [1.807, 2.05) is 0 Å². The zero-order valence-electron chi connectivity index (χ0n) is 8.70. The van der Waals surface area contributed by atoms with E-state index in [1.165, 1.54) is 6.42 Å². The van der Waals surface area contributed by atoms with E-state index in [2.05, 4.69) is 17.1 Å². The lowest BCUT2D eigenvalue weighted by Gasteiger charge is -2.55. The SMILES string of the molecule is CC1CC(C(=O)N2C3CNCC2C3)C1. The van der Waals surface area contributed by atoms with Crippen molar-refractivity contribution in [3.05, 3.63) is 0 Å². The molecule has 2 atom stereocenters. The molecule has 1 aliphatic carbocycles. The molecule has 2 unspecified atom stereocenters. The molecule has 3 rings (SSSR count). The summed E-state index contributed by atoms with van der Waals surface area (Å²) in [5, 5.41) is 3.36. The van der Waals surface area contributed by atoms with Gasteiger partial charge in [-0.2, -0.15) is 0 Å². The van der Waals surface area contributed by atoms with Crippen molar-refractivity contribution < 1.29 is 4.79 Å². The fourth-order valence-corrected chi connectivity index (χ4v) is 3.16. The van der Waals surface area contributed by atoms with Gasteiger partial charge in [-0.25, -0.2) is 0 Å². The minimum Gasteiger partial charge on any atom is -0.334 e. The Morgan fingerprint density at radius 1 is 1.21 bits per heavy atom. The fourth-order valence-electron chi connectivity index (χ4n) is 3.16. The number of nitrogens with zero attached hydrogens (tertiary/aromatic N) is 1. The van der Waals surface area contributed by atoms with Gasteiger partial charge in [-0.05, 0) is 25.2 Å². The fraction of sp³-hybridized carbons (Fsp3) is 0.909. The van der Waals surface area contributed by atoms with Crippen molar-refractivity contribution in [2.75, 3.05) is 13.1 Å². The molecule has 14 heavy (non-hydrogen) atoms. The second kappa shape index (κ2) is 2.96. The molecular formula is C11H18N2O. The molecule has 3 fully saturated rings. The van der Waals surface area contributed by atoms with Crippen LogP contribution in [0.5, 0.6) is 0 Å². The highest BCUT2D eigenvalue weighted by molar-refractivity contribution is 5.81. The summed E-state index contributed by atoms with van der Waals surface area (Å²) in [6.07, 6.45) is 3.49. The Morgan fingerprint density at radius 2 is 1.86 bits per heavy atom. The van der Waals surface area contributed by atoms with Crippen molar-refractivity contribution in [2.24, 2.45) is 11.8 Å². The number of carbonyl (C=O) groups excluding carboxylic acids is 1. The van der Waals surface area contributed by atoms with Crippen molar-refractivity contribution in [3.8, 4) is 0 Å². The van der Waals surface area contributed by atoms with Gasteiger partial charge in [0.2, 0.25) is 5.91 Å². The van der Waals surface area contributed by atoms with E-state index in [0.29, 0.717) is 23.9 Å². The predicted molar refractivity (Wildman–Crippen MR) is 53.8 cm³/mol. The summed E-state index contributed by atoms with van der Waals surface area (Å²) in [5.41, 5.74) is 0. The lowest BCUT2D eigenvalue weighted by Crippen LogP contribution is -2.70. The minimum absolute atomic E-state index is 0.369. The van der Waals surface area contributed by atoms with Gasteiger partial charge in [-0.15, -0.1) is 0 Å². The summed E-state index contributed by atoms with van der Waals surface area (Å²) >= 11 is 0. The topological polar surface area (TPSA) is 32.3 Å². The monoisotopic (exact) mass is 194 g/mol. The Morgan fingerprint density at radius 3 is 2.36 bits per heavy atom. The summed E-state index contributed by atoms with van der Waals surface area (Å²) in [5.74, 6) is 1.60. The van der Waals surface area contributed by atoms with Crippen LogP contribution < -0.4 is 5.32 Å². The molecule has 0 aromatic heterocycles. The quantitative estimate of drug-likeness (QED) is 0.663. The Balaban J connectivity index is 1.63. The van der Waals surface area contributed by atoms with Crippen LogP contribution in [0, 0.1) is 11.8 Å². The first-order valence-electron chi connectivity index (χ1n) is 5.78. The predicted octanol–water partition coefficient (Wildman–Crippen LogP) is 0.605. The van der Waals surface area contributed by atoms with Crippen LogP contribution in [0.2, 0.25) is 0 Å². The van der Waals surface area contributed by atoms with Crippen LogP contribution in [-0.4, -0.2) is 36.0 Å². The third kappa shape index (κ3) is 1.11. The summed E-state index contributed by atoms with van der Waals surface area (Å²) < 4.78 is 0. The lowest BCUT2D eigenvalue weighted by molar-refractivity contribution is -0.156.